The van der Waals surface area contributed by atoms with Gasteiger partial charge >= 0.3 is 0 Å². The normalized spacial score (nSPS) is 15.5. The van der Waals surface area contributed by atoms with Crippen LogP contribution in [0.5, 0.6) is 0 Å². The number of nitrogens with zero attached hydrogens (tertiary/aromatic N) is 2. The summed E-state index contributed by atoms with van der Waals surface area (Å²) in [5.41, 5.74) is 1.00. The summed E-state index contributed by atoms with van der Waals surface area (Å²) < 4.78 is 0. The lowest BCUT2D eigenvalue weighted by Crippen LogP contribution is -2.35. The molecule has 0 aliphatic rings. The maximum absolute atomic E-state index is 4.67. The largest absolute Gasteiger partial charge is 0.393 e. The molecule has 0 aromatic carbocycles. The minimum Gasteiger partial charge on any atom is -0.393 e. The molecule has 3 nitrogen and oxygen atoms in total. The Morgan fingerprint density at radius 2 is 1.94 bits per heavy atom. The van der Waals surface area contributed by atoms with Crippen LogP contribution >= 0.6 is 0 Å². The lowest BCUT2D eigenvalue weighted by molar-refractivity contribution is 0.416. The molecule has 1 N–H and O–H groups in total. The van der Waals surface area contributed by atoms with Crippen LogP contribution in [0.4, 0.5) is 0 Å². The zero-order chi connectivity index (χ0) is 13.7. The fourth-order valence-corrected chi connectivity index (χ4v) is 2.29. The fourth-order valence-electron chi connectivity index (χ4n) is 2.29. The van der Waals surface area contributed by atoms with E-state index in [1.807, 2.05) is 20.2 Å². The van der Waals surface area contributed by atoms with E-state index >= 15 is 0 Å². The highest BCUT2D eigenvalue weighted by Gasteiger charge is 2.19. The zero-order valence-corrected chi connectivity index (χ0v) is 12.2. The van der Waals surface area contributed by atoms with Gasteiger partial charge in [-0.15, -0.1) is 0 Å². The van der Waals surface area contributed by atoms with Crippen molar-refractivity contribution in [2.45, 2.75) is 46.5 Å². The van der Waals surface area contributed by atoms with Crippen molar-refractivity contribution in [3.8, 4) is 0 Å². The van der Waals surface area contributed by atoms with Crippen molar-refractivity contribution >= 4 is 12.8 Å². The summed E-state index contributed by atoms with van der Waals surface area (Å²) in [6.45, 7) is 12.7. The second-order valence-electron chi connectivity index (χ2n) is 4.86. The maximum atomic E-state index is 4.67. The lowest BCUT2D eigenvalue weighted by Gasteiger charge is -2.20. The molecule has 0 bridgehead atoms. The van der Waals surface area contributed by atoms with Gasteiger partial charge in [0.25, 0.3) is 0 Å². The van der Waals surface area contributed by atoms with Crippen LogP contribution in [0.1, 0.15) is 51.0 Å². The summed E-state index contributed by atoms with van der Waals surface area (Å²) in [5.74, 6) is 1.98. The van der Waals surface area contributed by atoms with Crippen LogP contribution in [0.15, 0.2) is 0 Å². The molecule has 2 atom stereocenters. The van der Waals surface area contributed by atoms with Gasteiger partial charge in [0.2, 0.25) is 0 Å². The molecule has 18 heavy (non-hydrogen) atoms. The van der Waals surface area contributed by atoms with E-state index in [9.17, 15) is 0 Å². The summed E-state index contributed by atoms with van der Waals surface area (Å²) in [6.07, 6.45) is 4.13. The quantitative estimate of drug-likeness (QED) is 0.860. The van der Waals surface area contributed by atoms with E-state index in [2.05, 4.69) is 42.6 Å². The van der Waals surface area contributed by atoms with Gasteiger partial charge in [0, 0.05) is 24.4 Å². The second kappa shape index (κ2) is 6.53. The monoisotopic (exact) mass is 247 g/mol. The van der Waals surface area contributed by atoms with E-state index in [1.54, 1.807) is 0 Å². The van der Waals surface area contributed by atoms with Crippen LogP contribution in [0.3, 0.4) is 0 Å². The molecule has 1 aromatic heterocycles. The van der Waals surface area contributed by atoms with E-state index in [-0.39, 0.29) is 0 Å². The molecule has 1 unspecified atom stereocenters. The standard InChI is InChI=1S/C15H25N3/c1-7-10(3)13(8-2)15-17-11(4)14(9-16-6)12(5)18-15/h9-10,13,16H,4,7-8H2,1-3,5-6H3/b14-9-/t10?,13-/m1/s1. The predicted molar refractivity (Wildman–Crippen MR) is 77.6 cm³/mol. The lowest BCUT2D eigenvalue weighted by atomic mass is 9.89. The Morgan fingerprint density at radius 3 is 2.39 bits per heavy atom. The average molecular weight is 247 g/mol. The van der Waals surface area contributed by atoms with Crippen molar-refractivity contribution in [3.05, 3.63) is 22.1 Å². The number of aryl methyl sites for hydroxylation is 1. The first-order valence-corrected chi connectivity index (χ1v) is 6.76. The SMILES string of the molecule is C=c1nc([C@H](CC)C(C)CC)nc(C)/c1=C\NC. The van der Waals surface area contributed by atoms with Crippen molar-refractivity contribution in [3.63, 3.8) is 0 Å². The molecule has 0 saturated carbocycles. The van der Waals surface area contributed by atoms with Gasteiger partial charge in [0.05, 0.1) is 11.0 Å². The Labute approximate surface area is 110 Å². The molecular weight excluding hydrogens is 222 g/mol. The Morgan fingerprint density at radius 1 is 1.28 bits per heavy atom. The Hall–Kier alpha value is -1.38. The Kier molecular flexibility index (Phi) is 5.32. The zero-order valence-electron chi connectivity index (χ0n) is 12.2. The van der Waals surface area contributed by atoms with Crippen LogP contribution < -0.4 is 15.9 Å². The molecule has 0 radical (unpaired) electrons. The molecule has 0 spiro atoms. The predicted octanol–water partition coefficient (Wildman–Crippen LogP) is 1.69. The Balaban J connectivity index is 3.28. The van der Waals surface area contributed by atoms with Crippen molar-refractivity contribution in [1.29, 1.82) is 0 Å². The average Bonchev–Trinajstić information content (AvgIpc) is 2.34. The van der Waals surface area contributed by atoms with Crippen molar-refractivity contribution in [2.24, 2.45) is 5.92 Å². The molecule has 1 aromatic rings. The van der Waals surface area contributed by atoms with Crippen LogP contribution in [0.25, 0.3) is 12.8 Å². The van der Waals surface area contributed by atoms with E-state index in [1.165, 1.54) is 0 Å². The van der Waals surface area contributed by atoms with Gasteiger partial charge in [-0.05, 0) is 19.3 Å². The first-order valence-electron chi connectivity index (χ1n) is 6.76. The molecule has 0 amide bonds. The summed E-state index contributed by atoms with van der Waals surface area (Å²) in [5, 5.41) is 4.83. The molecule has 0 saturated heterocycles. The van der Waals surface area contributed by atoms with Gasteiger partial charge in [-0.1, -0.05) is 33.8 Å². The number of hydrogen-bond acceptors (Lipinski definition) is 3. The van der Waals surface area contributed by atoms with Crippen molar-refractivity contribution in [2.75, 3.05) is 7.05 Å². The van der Waals surface area contributed by atoms with Gasteiger partial charge < -0.3 is 5.32 Å². The first-order chi connectivity index (χ1) is 8.54. The van der Waals surface area contributed by atoms with Gasteiger partial charge in [0.1, 0.15) is 5.82 Å². The van der Waals surface area contributed by atoms with E-state index < -0.39 is 0 Å². The van der Waals surface area contributed by atoms with Gasteiger partial charge in [-0.3, -0.25) is 0 Å². The summed E-state index contributed by atoms with van der Waals surface area (Å²) in [4.78, 5) is 9.27. The smallest absolute Gasteiger partial charge is 0.132 e. The van der Waals surface area contributed by atoms with Gasteiger partial charge in [0.15, 0.2) is 0 Å². The highest BCUT2D eigenvalue weighted by molar-refractivity contribution is 5.25. The summed E-state index contributed by atoms with van der Waals surface area (Å²) in [7, 11) is 1.88. The topological polar surface area (TPSA) is 37.8 Å². The van der Waals surface area contributed by atoms with Crippen LogP contribution in [-0.2, 0) is 0 Å². The van der Waals surface area contributed by atoms with E-state index in [4.69, 9.17) is 0 Å². The fraction of sp³-hybridized carbons (Fsp3) is 0.600. The maximum Gasteiger partial charge on any atom is 0.132 e. The highest BCUT2D eigenvalue weighted by Crippen LogP contribution is 2.26. The summed E-state index contributed by atoms with van der Waals surface area (Å²) in [6, 6.07) is 0. The minimum atomic E-state index is 0.429. The Bertz CT molecular complexity index is 493. The molecule has 0 fully saturated rings. The molecule has 0 aliphatic heterocycles. The van der Waals surface area contributed by atoms with E-state index in [0.717, 1.165) is 34.9 Å². The molecular formula is C15H25N3. The number of aromatic nitrogens is 2. The molecule has 1 rings (SSSR count). The molecule has 0 aliphatic carbocycles. The van der Waals surface area contributed by atoms with Crippen LogP contribution in [0, 0.1) is 12.8 Å². The second-order valence-corrected chi connectivity index (χ2v) is 4.86. The third-order valence-corrected chi connectivity index (χ3v) is 3.62. The van der Waals surface area contributed by atoms with Gasteiger partial charge in [-0.2, -0.15) is 0 Å². The first kappa shape index (κ1) is 14.7. The van der Waals surface area contributed by atoms with Crippen molar-refractivity contribution in [1.82, 2.24) is 15.3 Å². The number of rotatable bonds is 5. The number of hydrogen-bond donors (Lipinski definition) is 1. The molecule has 1 heterocycles. The molecule has 100 valence electrons. The van der Waals surface area contributed by atoms with E-state index in [0.29, 0.717) is 11.8 Å². The van der Waals surface area contributed by atoms with Crippen molar-refractivity contribution < 1.29 is 0 Å². The van der Waals surface area contributed by atoms with Crippen LogP contribution in [0.2, 0.25) is 0 Å². The molecule has 3 heteroatoms. The summed E-state index contributed by atoms with van der Waals surface area (Å²) >= 11 is 0. The minimum absolute atomic E-state index is 0.429. The highest BCUT2D eigenvalue weighted by atomic mass is 14.9. The third-order valence-electron chi connectivity index (χ3n) is 3.62. The van der Waals surface area contributed by atoms with Crippen LogP contribution in [-0.4, -0.2) is 17.0 Å². The third kappa shape index (κ3) is 3.09. The number of nitrogens with one attached hydrogen (secondary N) is 1. The van der Waals surface area contributed by atoms with Gasteiger partial charge in [-0.25, -0.2) is 9.97 Å².